The molecule has 0 bridgehead atoms. The second-order valence-corrected chi connectivity index (χ2v) is 7.67. The smallest absolute Gasteiger partial charge is 0.305 e. The average molecular weight is 409 g/mol. The summed E-state index contributed by atoms with van der Waals surface area (Å²) in [6.45, 7) is 2.49. The van der Waals surface area contributed by atoms with E-state index in [1.54, 1.807) is 0 Å². The van der Waals surface area contributed by atoms with E-state index in [1.165, 1.54) is 25.7 Å². The van der Waals surface area contributed by atoms with Gasteiger partial charge in [0.1, 0.15) is 24.3 Å². The van der Waals surface area contributed by atoms with Gasteiger partial charge in [-0.25, -0.2) is 4.98 Å². The lowest BCUT2D eigenvalue weighted by atomic mass is 10.1. The van der Waals surface area contributed by atoms with Crippen LogP contribution in [0.15, 0.2) is 12.3 Å². The van der Waals surface area contributed by atoms with Gasteiger partial charge in [0.05, 0.1) is 11.5 Å². The molecule has 2 aromatic heterocycles. The first-order chi connectivity index (χ1) is 13.6. The molecule has 3 heterocycles. The van der Waals surface area contributed by atoms with Crippen LogP contribution in [0.5, 0.6) is 0 Å². The summed E-state index contributed by atoms with van der Waals surface area (Å²) in [6, 6.07) is 1.86. The van der Waals surface area contributed by atoms with Crippen molar-refractivity contribution in [2.75, 3.05) is 12.3 Å². The van der Waals surface area contributed by atoms with Crippen LogP contribution in [0.1, 0.15) is 70.9 Å². The quantitative estimate of drug-likeness (QED) is 0.349. The summed E-state index contributed by atoms with van der Waals surface area (Å²) in [6.07, 6.45) is 10.6. The highest BCUT2D eigenvalue weighted by atomic mass is 35.5. The van der Waals surface area contributed by atoms with Crippen molar-refractivity contribution in [3.05, 3.63) is 17.5 Å². The SMILES string of the molecule is CCCCCCCCC(=O)OC[C@@H]1CC[C@H](n2ccc3c(N)nc(Cl)nc32)O1. The van der Waals surface area contributed by atoms with Crippen LogP contribution in [0.2, 0.25) is 5.28 Å². The zero-order valence-electron chi connectivity index (χ0n) is 16.4. The van der Waals surface area contributed by atoms with Crippen LogP contribution < -0.4 is 5.73 Å². The fourth-order valence-electron chi connectivity index (χ4n) is 3.58. The van der Waals surface area contributed by atoms with E-state index < -0.39 is 0 Å². The number of halogens is 1. The summed E-state index contributed by atoms with van der Waals surface area (Å²) in [4.78, 5) is 20.2. The molecule has 1 aliphatic heterocycles. The number of ether oxygens (including phenoxy) is 2. The Hall–Kier alpha value is -1.86. The summed E-state index contributed by atoms with van der Waals surface area (Å²) in [5.74, 6) is 0.216. The fourth-order valence-corrected chi connectivity index (χ4v) is 3.75. The highest BCUT2D eigenvalue weighted by molar-refractivity contribution is 6.28. The molecule has 1 saturated heterocycles. The lowest BCUT2D eigenvalue weighted by molar-refractivity contribution is -0.148. The van der Waals surface area contributed by atoms with Gasteiger partial charge in [-0.05, 0) is 36.9 Å². The molecule has 7 nitrogen and oxygen atoms in total. The number of hydrogen-bond donors (Lipinski definition) is 1. The molecule has 2 atom stereocenters. The predicted octanol–water partition coefficient (Wildman–Crippen LogP) is 4.64. The Morgan fingerprint density at radius 1 is 1.29 bits per heavy atom. The van der Waals surface area contributed by atoms with Crippen molar-refractivity contribution >= 4 is 34.4 Å². The molecule has 0 radical (unpaired) electrons. The average Bonchev–Trinajstić information content (AvgIpc) is 3.29. The van der Waals surface area contributed by atoms with Gasteiger partial charge in [-0.3, -0.25) is 4.79 Å². The number of fused-ring (bicyclic) bond motifs is 1. The van der Waals surface area contributed by atoms with Crippen molar-refractivity contribution in [3.8, 4) is 0 Å². The minimum atomic E-state index is -0.176. The van der Waals surface area contributed by atoms with E-state index in [0.717, 1.165) is 31.1 Å². The monoisotopic (exact) mass is 408 g/mol. The van der Waals surface area contributed by atoms with Crippen molar-refractivity contribution < 1.29 is 14.3 Å². The third-order valence-electron chi connectivity index (χ3n) is 5.13. The van der Waals surface area contributed by atoms with Crippen LogP contribution in [0, 0.1) is 0 Å². The van der Waals surface area contributed by atoms with Gasteiger partial charge in [0.2, 0.25) is 5.28 Å². The molecule has 28 heavy (non-hydrogen) atoms. The van der Waals surface area contributed by atoms with Gasteiger partial charge in [0, 0.05) is 12.6 Å². The number of nitrogen functional groups attached to an aromatic ring is 1. The molecule has 0 aromatic carbocycles. The molecule has 2 N–H and O–H groups in total. The minimum Gasteiger partial charge on any atom is -0.463 e. The molecule has 1 aliphatic rings. The highest BCUT2D eigenvalue weighted by Crippen LogP contribution is 2.32. The zero-order chi connectivity index (χ0) is 19.9. The largest absolute Gasteiger partial charge is 0.463 e. The highest BCUT2D eigenvalue weighted by Gasteiger charge is 2.29. The summed E-state index contributed by atoms with van der Waals surface area (Å²) >= 11 is 5.94. The third kappa shape index (κ3) is 5.35. The van der Waals surface area contributed by atoms with Gasteiger partial charge in [-0.1, -0.05) is 39.0 Å². The number of nitrogens with zero attached hydrogens (tertiary/aromatic N) is 3. The lowest BCUT2D eigenvalue weighted by Crippen LogP contribution is -2.19. The molecule has 3 rings (SSSR count). The maximum absolute atomic E-state index is 11.9. The van der Waals surface area contributed by atoms with Crippen LogP contribution in [0.25, 0.3) is 11.0 Å². The lowest BCUT2D eigenvalue weighted by Gasteiger charge is -2.16. The number of unbranched alkanes of at least 4 members (excludes halogenated alkanes) is 5. The maximum Gasteiger partial charge on any atom is 0.305 e. The topological polar surface area (TPSA) is 92.3 Å². The van der Waals surface area contributed by atoms with Crippen LogP contribution in [0.4, 0.5) is 5.82 Å². The fraction of sp³-hybridized carbons (Fsp3) is 0.650. The van der Waals surface area contributed by atoms with Crippen LogP contribution in [-0.4, -0.2) is 33.2 Å². The normalized spacial score (nSPS) is 19.4. The van der Waals surface area contributed by atoms with Gasteiger partial charge < -0.3 is 19.8 Å². The zero-order valence-corrected chi connectivity index (χ0v) is 17.2. The number of esters is 1. The Morgan fingerprint density at radius 3 is 2.89 bits per heavy atom. The summed E-state index contributed by atoms with van der Waals surface area (Å²) in [5, 5.41) is 0.866. The molecule has 2 aromatic rings. The summed E-state index contributed by atoms with van der Waals surface area (Å²) < 4.78 is 13.4. The number of aromatic nitrogens is 3. The van der Waals surface area contributed by atoms with Gasteiger partial charge in [-0.2, -0.15) is 4.98 Å². The second kappa shape index (κ2) is 10.1. The maximum atomic E-state index is 11.9. The Morgan fingerprint density at radius 2 is 2.07 bits per heavy atom. The molecule has 0 spiro atoms. The number of carbonyl (C=O) groups excluding carboxylic acids is 1. The molecule has 1 fully saturated rings. The van der Waals surface area contributed by atoms with Crippen LogP contribution in [0.3, 0.4) is 0 Å². The third-order valence-corrected chi connectivity index (χ3v) is 5.30. The van der Waals surface area contributed by atoms with Crippen LogP contribution in [-0.2, 0) is 14.3 Å². The van der Waals surface area contributed by atoms with E-state index >= 15 is 0 Å². The molecular weight excluding hydrogens is 380 g/mol. The van der Waals surface area contributed by atoms with E-state index in [2.05, 4.69) is 16.9 Å². The van der Waals surface area contributed by atoms with Crippen molar-refractivity contribution in [1.29, 1.82) is 0 Å². The van der Waals surface area contributed by atoms with Gasteiger partial charge in [-0.15, -0.1) is 0 Å². The van der Waals surface area contributed by atoms with Crippen molar-refractivity contribution in [1.82, 2.24) is 14.5 Å². The molecular formula is C20H29ClN4O3. The second-order valence-electron chi connectivity index (χ2n) is 7.33. The Labute approximate surface area is 170 Å². The van der Waals surface area contributed by atoms with E-state index in [9.17, 15) is 4.79 Å². The molecule has 8 heteroatoms. The number of hydrogen-bond acceptors (Lipinski definition) is 6. The van der Waals surface area contributed by atoms with E-state index in [0.29, 0.717) is 24.5 Å². The Kier molecular flexibility index (Phi) is 7.50. The molecule has 0 aliphatic carbocycles. The Bertz CT molecular complexity index is 795. The molecule has 0 amide bonds. The van der Waals surface area contributed by atoms with Gasteiger partial charge >= 0.3 is 5.97 Å². The van der Waals surface area contributed by atoms with Gasteiger partial charge in [0.25, 0.3) is 0 Å². The van der Waals surface area contributed by atoms with Crippen molar-refractivity contribution in [2.45, 2.75) is 77.0 Å². The number of rotatable bonds is 10. The van der Waals surface area contributed by atoms with E-state index in [1.807, 2.05) is 16.8 Å². The first-order valence-corrected chi connectivity index (χ1v) is 10.6. The standard InChI is InChI=1S/C20H29ClN4O3/c1-2-3-4-5-6-7-8-17(26)27-13-14-9-10-16(28-14)25-12-11-15-18(22)23-20(21)24-19(15)25/h11-12,14,16H,2-10,13H2,1H3,(H2,22,23,24)/t14-,16+/m0/s1. The van der Waals surface area contributed by atoms with E-state index in [-0.39, 0.29) is 23.6 Å². The molecule has 0 unspecified atom stereocenters. The first-order valence-electron chi connectivity index (χ1n) is 10.2. The van der Waals surface area contributed by atoms with Crippen molar-refractivity contribution in [2.24, 2.45) is 0 Å². The first kappa shape index (κ1) is 20.9. The van der Waals surface area contributed by atoms with Gasteiger partial charge in [0.15, 0.2) is 0 Å². The summed E-state index contributed by atoms with van der Waals surface area (Å²) in [7, 11) is 0. The Balaban J connectivity index is 1.43. The molecule has 154 valence electrons. The molecule has 0 saturated carbocycles. The van der Waals surface area contributed by atoms with E-state index in [4.69, 9.17) is 26.8 Å². The number of anilines is 1. The number of nitrogens with two attached hydrogens (primary N) is 1. The van der Waals surface area contributed by atoms with Crippen molar-refractivity contribution in [3.63, 3.8) is 0 Å². The predicted molar refractivity (Wildman–Crippen MR) is 109 cm³/mol. The van der Waals surface area contributed by atoms with Crippen LogP contribution >= 0.6 is 11.6 Å². The summed E-state index contributed by atoms with van der Waals surface area (Å²) in [5.41, 5.74) is 6.56. The minimum absolute atomic E-state index is 0.106. The number of carbonyl (C=O) groups is 1.